The molecule has 2 atom stereocenters. The summed E-state index contributed by atoms with van der Waals surface area (Å²) >= 11 is 0. The summed E-state index contributed by atoms with van der Waals surface area (Å²) in [6.45, 7) is 0.718. The number of benzene rings is 3. The van der Waals surface area contributed by atoms with E-state index >= 15 is 0 Å². The molecule has 1 aliphatic carbocycles. The quantitative estimate of drug-likeness (QED) is 0.583. The van der Waals surface area contributed by atoms with Crippen LogP contribution in [0, 0.1) is 17.1 Å². The zero-order valence-electron chi connectivity index (χ0n) is 19.6. The molecule has 3 aromatic rings. The summed E-state index contributed by atoms with van der Waals surface area (Å²) < 4.78 is 25.7. The number of carbonyl (C=O) groups excluding carboxylic acids is 1. The highest BCUT2D eigenvalue weighted by molar-refractivity contribution is 5.79. The normalized spacial score (nSPS) is 24.5. The molecule has 0 radical (unpaired) electrons. The van der Waals surface area contributed by atoms with Crippen LogP contribution in [0.5, 0.6) is 0 Å². The highest BCUT2D eigenvalue weighted by atomic mass is 19.1. The first kappa shape index (κ1) is 22.7. The van der Waals surface area contributed by atoms with E-state index in [1.54, 1.807) is 4.90 Å². The number of nitrogens with zero attached hydrogens (tertiary/aromatic N) is 2. The summed E-state index contributed by atoms with van der Waals surface area (Å²) in [5.41, 5.74) is 3.74. The maximum Gasteiger partial charge on any atom is 0.410 e. The van der Waals surface area contributed by atoms with Gasteiger partial charge in [-0.2, -0.15) is 5.26 Å². The maximum atomic E-state index is 14.1. The van der Waals surface area contributed by atoms with E-state index in [9.17, 15) is 19.6 Å². The molecule has 2 fully saturated rings. The van der Waals surface area contributed by atoms with Crippen molar-refractivity contribution in [1.29, 1.82) is 5.26 Å². The summed E-state index contributed by atoms with van der Waals surface area (Å²) in [5, 5.41) is 20.7. The monoisotopic (exact) mass is 484 g/mol. The lowest BCUT2D eigenvalue weighted by atomic mass is 9.76. The van der Waals surface area contributed by atoms with Crippen molar-refractivity contribution in [2.24, 2.45) is 0 Å². The van der Waals surface area contributed by atoms with E-state index < -0.39 is 29.6 Å². The molecule has 3 aliphatic rings. The van der Waals surface area contributed by atoms with Gasteiger partial charge < -0.3 is 14.6 Å². The Kier molecular flexibility index (Phi) is 5.51. The van der Waals surface area contributed by atoms with E-state index in [2.05, 4.69) is 24.3 Å². The van der Waals surface area contributed by atoms with Gasteiger partial charge in [-0.1, -0.05) is 48.5 Å². The molecular formula is C29H25FN2O4. The van der Waals surface area contributed by atoms with Crippen LogP contribution in [0.4, 0.5) is 9.18 Å². The van der Waals surface area contributed by atoms with Gasteiger partial charge in [0, 0.05) is 18.8 Å². The summed E-state index contributed by atoms with van der Waals surface area (Å²) in [6.07, 6.45) is -0.0986. The second-order valence-electron chi connectivity index (χ2n) is 9.84. The molecule has 6 rings (SSSR count). The van der Waals surface area contributed by atoms with Crippen LogP contribution in [-0.4, -0.2) is 48.0 Å². The fourth-order valence-electron chi connectivity index (χ4n) is 6.10. The van der Waals surface area contributed by atoms with Gasteiger partial charge in [0.1, 0.15) is 12.4 Å². The highest BCUT2D eigenvalue weighted by Gasteiger charge is 2.49. The maximum absolute atomic E-state index is 14.1. The number of nitriles is 1. The first-order valence-corrected chi connectivity index (χ1v) is 12.1. The summed E-state index contributed by atoms with van der Waals surface area (Å²) in [5.74, 6) is -0.617. The topological polar surface area (TPSA) is 82.8 Å². The van der Waals surface area contributed by atoms with Crippen LogP contribution in [0.2, 0.25) is 0 Å². The summed E-state index contributed by atoms with van der Waals surface area (Å²) in [6, 6.07) is 21.4. The van der Waals surface area contributed by atoms with Crippen LogP contribution in [0.15, 0.2) is 66.7 Å². The van der Waals surface area contributed by atoms with Crippen LogP contribution in [0.1, 0.15) is 41.0 Å². The molecule has 2 bridgehead atoms. The smallest absolute Gasteiger partial charge is 0.410 e. The molecule has 2 saturated heterocycles. The summed E-state index contributed by atoms with van der Waals surface area (Å²) in [4.78, 5) is 15.0. The molecule has 0 spiro atoms. The molecule has 6 nitrogen and oxygen atoms in total. The number of amides is 1. The summed E-state index contributed by atoms with van der Waals surface area (Å²) in [7, 11) is 0. The van der Waals surface area contributed by atoms with E-state index in [-0.39, 0.29) is 44.1 Å². The number of carbonyl (C=O) groups is 1. The molecular weight excluding hydrogens is 459 g/mol. The number of hydrogen-bond donors (Lipinski definition) is 1. The Labute approximate surface area is 208 Å². The van der Waals surface area contributed by atoms with Gasteiger partial charge in [0.25, 0.3) is 0 Å². The Morgan fingerprint density at radius 3 is 2.28 bits per heavy atom. The fourth-order valence-corrected chi connectivity index (χ4v) is 6.10. The van der Waals surface area contributed by atoms with Crippen molar-refractivity contribution in [2.45, 2.75) is 36.4 Å². The van der Waals surface area contributed by atoms with Crippen LogP contribution < -0.4 is 0 Å². The molecule has 7 heteroatoms. The highest BCUT2D eigenvalue weighted by Crippen LogP contribution is 2.45. The van der Waals surface area contributed by atoms with Crippen LogP contribution in [-0.2, 0) is 15.1 Å². The number of hydrogen-bond acceptors (Lipinski definition) is 5. The van der Waals surface area contributed by atoms with Crippen molar-refractivity contribution >= 4 is 6.09 Å². The third-order valence-corrected chi connectivity index (χ3v) is 7.66. The molecule has 1 N–H and O–H groups in total. The fraction of sp³-hybridized carbons (Fsp3) is 0.310. The van der Waals surface area contributed by atoms with Gasteiger partial charge in [-0.25, -0.2) is 9.18 Å². The largest absolute Gasteiger partial charge is 0.448 e. The number of ether oxygens (including phenoxy) is 2. The van der Waals surface area contributed by atoms with Crippen molar-refractivity contribution in [3.05, 3.63) is 94.8 Å². The van der Waals surface area contributed by atoms with E-state index in [0.29, 0.717) is 5.56 Å². The molecule has 0 saturated carbocycles. The Balaban J connectivity index is 1.21. The Morgan fingerprint density at radius 2 is 1.67 bits per heavy atom. The molecule has 2 unspecified atom stereocenters. The molecule has 182 valence electrons. The lowest BCUT2D eigenvalue weighted by Crippen LogP contribution is -2.62. The van der Waals surface area contributed by atoms with E-state index in [4.69, 9.17) is 9.47 Å². The SMILES string of the molecule is N#Cc1cc(F)cc(C2(O)CC3COCC(C2)N3C(=O)OCC2c3ccccc3-c3ccccc32)c1. The lowest BCUT2D eigenvalue weighted by molar-refractivity contribution is -0.136. The number of piperidine rings is 1. The molecule has 2 aliphatic heterocycles. The zero-order valence-corrected chi connectivity index (χ0v) is 19.6. The minimum atomic E-state index is -1.37. The third-order valence-electron chi connectivity index (χ3n) is 7.66. The average molecular weight is 485 g/mol. The van der Waals surface area contributed by atoms with Crippen molar-refractivity contribution in [1.82, 2.24) is 4.90 Å². The van der Waals surface area contributed by atoms with E-state index in [1.165, 1.54) is 12.1 Å². The molecule has 2 heterocycles. The standard InChI is InChI=1S/C29H25FN2O4/c30-20-10-18(14-31)9-19(11-20)29(34)12-21-15-35-16-22(13-29)32(21)28(33)36-17-27-25-7-3-1-5-23(25)24-6-2-4-8-26(24)27/h1-11,21-22,27,34H,12-13,15-17H2. The van der Waals surface area contributed by atoms with Crippen LogP contribution >= 0.6 is 0 Å². The average Bonchev–Trinajstić information content (AvgIpc) is 3.20. The molecule has 1 amide bonds. The Bertz CT molecular complexity index is 1320. The predicted molar refractivity (Wildman–Crippen MR) is 130 cm³/mol. The van der Waals surface area contributed by atoms with Gasteiger partial charge in [0.15, 0.2) is 0 Å². The number of halogens is 1. The Morgan fingerprint density at radius 1 is 1.06 bits per heavy atom. The van der Waals surface area contributed by atoms with E-state index in [1.807, 2.05) is 30.3 Å². The molecule has 0 aromatic heterocycles. The third kappa shape index (κ3) is 3.74. The molecule has 36 heavy (non-hydrogen) atoms. The van der Waals surface area contributed by atoms with Gasteiger partial charge >= 0.3 is 6.09 Å². The van der Waals surface area contributed by atoms with Crippen LogP contribution in [0.25, 0.3) is 11.1 Å². The van der Waals surface area contributed by atoms with Gasteiger partial charge in [-0.05, 0) is 46.0 Å². The minimum Gasteiger partial charge on any atom is -0.448 e. The number of morpholine rings is 1. The minimum absolute atomic E-state index is 0.0455. The zero-order chi connectivity index (χ0) is 24.9. The van der Waals surface area contributed by atoms with E-state index in [0.717, 1.165) is 28.3 Å². The Hall–Kier alpha value is -3.73. The second-order valence-corrected chi connectivity index (χ2v) is 9.84. The molecule has 3 aromatic carbocycles. The van der Waals surface area contributed by atoms with Gasteiger partial charge in [0.05, 0.1) is 42.5 Å². The number of rotatable bonds is 3. The van der Waals surface area contributed by atoms with Gasteiger partial charge in [-0.15, -0.1) is 0 Å². The van der Waals surface area contributed by atoms with Crippen molar-refractivity contribution in [3.63, 3.8) is 0 Å². The predicted octanol–water partition coefficient (Wildman–Crippen LogP) is 4.70. The number of aliphatic hydroxyl groups is 1. The number of fused-ring (bicyclic) bond motifs is 5. The van der Waals surface area contributed by atoms with Crippen LogP contribution in [0.3, 0.4) is 0 Å². The van der Waals surface area contributed by atoms with Gasteiger partial charge in [-0.3, -0.25) is 4.90 Å². The van der Waals surface area contributed by atoms with Crippen molar-refractivity contribution in [3.8, 4) is 17.2 Å². The van der Waals surface area contributed by atoms with Crippen molar-refractivity contribution in [2.75, 3.05) is 19.8 Å². The first-order valence-electron chi connectivity index (χ1n) is 12.1. The second kappa shape index (κ2) is 8.74. The lowest BCUT2D eigenvalue weighted by Gasteiger charge is -2.51. The van der Waals surface area contributed by atoms with Gasteiger partial charge in [0.2, 0.25) is 0 Å². The van der Waals surface area contributed by atoms with Crippen molar-refractivity contribution < 1.29 is 23.8 Å². The first-order chi connectivity index (χ1) is 17.5.